The molecule has 2 rings (SSSR count). The van der Waals surface area contributed by atoms with Crippen LogP contribution in [0.5, 0.6) is 5.75 Å². The fourth-order valence-electron chi connectivity index (χ4n) is 2.68. The van der Waals surface area contributed by atoms with E-state index in [1.807, 2.05) is 27.7 Å². The van der Waals surface area contributed by atoms with E-state index < -0.39 is 30.0 Å². The predicted octanol–water partition coefficient (Wildman–Crippen LogP) is 3.60. The Kier molecular flexibility index (Phi) is 7.73. The molecular weight excluding hydrogens is 387 g/mol. The molecule has 156 valence electrons. The largest absolute Gasteiger partial charge is 0.494 e. The van der Waals surface area contributed by atoms with Gasteiger partial charge in [-0.2, -0.15) is 0 Å². The molecule has 1 amide bonds. The van der Waals surface area contributed by atoms with Crippen molar-refractivity contribution in [3.05, 3.63) is 29.0 Å². The first-order valence-electron chi connectivity index (χ1n) is 9.31. The molecule has 0 radical (unpaired) electrons. The molecule has 6 nitrogen and oxygen atoms in total. The number of benzene rings is 1. The number of carbonyl (C=O) groups excluding carboxylic acids is 1. The highest BCUT2D eigenvalue weighted by Gasteiger charge is 2.53. The van der Waals surface area contributed by atoms with Crippen molar-refractivity contribution in [2.45, 2.75) is 57.6 Å². The van der Waals surface area contributed by atoms with E-state index in [9.17, 15) is 9.18 Å². The highest BCUT2D eigenvalue weighted by atomic mass is 35.5. The van der Waals surface area contributed by atoms with Crippen LogP contribution in [0.25, 0.3) is 0 Å². The van der Waals surface area contributed by atoms with Crippen molar-refractivity contribution in [3.8, 4) is 5.75 Å². The number of ether oxygens (including phenoxy) is 2. The summed E-state index contributed by atoms with van der Waals surface area (Å²) in [5.74, 6) is -0.688. The molecule has 1 aliphatic rings. The summed E-state index contributed by atoms with van der Waals surface area (Å²) in [7, 11) is -0.482. The minimum atomic E-state index is -0.531. The average Bonchev–Trinajstić information content (AvgIpc) is 2.80. The van der Waals surface area contributed by atoms with Gasteiger partial charge in [-0.1, -0.05) is 11.6 Å². The second kappa shape index (κ2) is 9.44. The van der Waals surface area contributed by atoms with Gasteiger partial charge >= 0.3 is 7.12 Å². The first kappa shape index (κ1) is 22.9. The molecule has 1 fully saturated rings. The van der Waals surface area contributed by atoms with Gasteiger partial charge < -0.3 is 24.5 Å². The minimum Gasteiger partial charge on any atom is -0.494 e. The van der Waals surface area contributed by atoms with E-state index in [2.05, 4.69) is 0 Å². The van der Waals surface area contributed by atoms with Gasteiger partial charge in [0.2, 0.25) is 5.91 Å². The third kappa shape index (κ3) is 6.07. The van der Waals surface area contributed by atoms with Crippen molar-refractivity contribution < 1.29 is 28.0 Å². The zero-order chi connectivity index (χ0) is 20.9. The summed E-state index contributed by atoms with van der Waals surface area (Å²) in [6, 6.07) is 4.30. The quantitative estimate of drug-likeness (QED) is 0.466. The molecule has 0 spiro atoms. The second-order valence-electron chi connectivity index (χ2n) is 7.89. The molecule has 1 saturated heterocycles. The highest BCUT2D eigenvalue weighted by Crippen LogP contribution is 2.40. The maximum atomic E-state index is 13.5. The summed E-state index contributed by atoms with van der Waals surface area (Å²) in [6.45, 7) is 8.78. The summed E-state index contributed by atoms with van der Waals surface area (Å²) in [5.41, 5.74) is 4.20. The molecule has 0 aliphatic carbocycles. The molecule has 1 heterocycles. The zero-order valence-electron chi connectivity index (χ0n) is 16.8. The number of hydrogen-bond donors (Lipinski definition) is 1. The number of hydrogen-bond acceptors (Lipinski definition) is 5. The lowest BCUT2D eigenvalue weighted by Crippen LogP contribution is -2.41. The van der Waals surface area contributed by atoms with Gasteiger partial charge in [0.05, 0.1) is 29.4 Å². The van der Waals surface area contributed by atoms with Crippen molar-refractivity contribution in [2.24, 2.45) is 5.73 Å². The maximum Gasteiger partial charge on any atom is 0.463 e. The van der Waals surface area contributed by atoms with Crippen LogP contribution < -0.4 is 10.5 Å². The van der Waals surface area contributed by atoms with Crippen molar-refractivity contribution >= 4 is 24.6 Å². The molecule has 0 bridgehead atoms. The molecule has 28 heavy (non-hydrogen) atoms. The van der Waals surface area contributed by atoms with Crippen LogP contribution >= 0.6 is 11.6 Å². The van der Waals surface area contributed by atoms with Gasteiger partial charge in [-0.25, -0.2) is 4.39 Å². The predicted molar refractivity (Wildman–Crippen MR) is 106 cm³/mol. The topological polar surface area (TPSA) is 80.0 Å². The Morgan fingerprint density at radius 3 is 2.46 bits per heavy atom. The molecule has 0 saturated carbocycles. The number of primary amides is 1. The molecule has 0 aromatic heterocycles. The fourth-order valence-corrected chi connectivity index (χ4v) is 2.80. The number of amides is 1. The van der Waals surface area contributed by atoms with Crippen LogP contribution in [0.3, 0.4) is 0 Å². The van der Waals surface area contributed by atoms with Gasteiger partial charge in [0.25, 0.3) is 0 Å². The first-order chi connectivity index (χ1) is 13.0. The minimum absolute atomic E-state index is 0.0466. The van der Waals surface area contributed by atoms with Crippen molar-refractivity contribution in [1.29, 1.82) is 0 Å². The van der Waals surface area contributed by atoms with Crippen LogP contribution in [0.4, 0.5) is 4.39 Å². The third-order valence-electron chi connectivity index (χ3n) is 5.13. The molecular formula is C19H28BClFNO5. The van der Waals surface area contributed by atoms with Crippen LogP contribution in [-0.2, 0) is 18.8 Å². The number of carbonyl (C=O) groups is 1. The number of rotatable bonds is 10. The van der Waals surface area contributed by atoms with Gasteiger partial charge in [0, 0.05) is 24.9 Å². The Bertz CT molecular complexity index is 672. The lowest BCUT2D eigenvalue weighted by molar-refractivity contribution is -0.119. The summed E-state index contributed by atoms with van der Waals surface area (Å²) in [5, 5.41) is 0.0466. The Morgan fingerprint density at radius 2 is 1.89 bits per heavy atom. The van der Waals surface area contributed by atoms with Crippen LogP contribution in [-0.4, -0.2) is 44.0 Å². The van der Waals surface area contributed by atoms with Gasteiger partial charge in [-0.15, -0.1) is 0 Å². The lowest BCUT2D eigenvalue weighted by atomic mass is 9.70. The van der Waals surface area contributed by atoms with E-state index in [0.717, 1.165) is 0 Å². The SMILES string of the molecule is CC1(C)OB([C@H](CCOc2ccc(Cl)c(F)c2)COCCC(N)=O)OC1(C)C. The van der Waals surface area contributed by atoms with Gasteiger partial charge in [-0.3, -0.25) is 4.79 Å². The Labute approximate surface area is 170 Å². The van der Waals surface area contributed by atoms with E-state index in [1.165, 1.54) is 12.1 Å². The molecule has 1 aromatic rings. The Hall–Kier alpha value is -1.35. The van der Waals surface area contributed by atoms with E-state index in [-0.39, 0.29) is 23.9 Å². The van der Waals surface area contributed by atoms with E-state index in [0.29, 0.717) is 25.4 Å². The molecule has 1 aromatic carbocycles. The Balaban J connectivity index is 1.95. The molecule has 9 heteroatoms. The molecule has 2 N–H and O–H groups in total. The standard InChI is InChI=1S/C19H28BClFNO5/c1-18(2)19(3,4)28-20(27-18)13(12-25-9-8-17(23)24)7-10-26-14-5-6-15(21)16(22)11-14/h5-6,11,13H,7-10,12H2,1-4H3,(H2,23,24)/t13-/m1/s1. The average molecular weight is 416 g/mol. The van der Waals surface area contributed by atoms with Crippen molar-refractivity contribution in [1.82, 2.24) is 0 Å². The lowest BCUT2D eigenvalue weighted by Gasteiger charge is -2.32. The maximum absolute atomic E-state index is 13.5. The van der Waals surface area contributed by atoms with Crippen LogP contribution in [0.15, 0.2) is 18.2 Å². The van der Waals surface area contributed by atoms with Crippen molar-refractivity contribution in [3.63, 3.8) is 0 Å². The number of halogens is 2. The Morgan fingerprint density at radius 1 is 1.25 bits per heavy atom. The summed E-state index contributed by atoms with van der Waals surface area (Å²) < 4.78 is 37.0. The molecule has 1 atom stereocenters. The van der Waals surface area contributed by atoms with Gasteiger partial charge in [-0.05, 0) is 46.2 Å². The summed E-state index contributed by atoms with van der Waals surface area (Å²) >= 11 is 5.68. The third-order valence-corrected chi connectivity index (χ3v) is 5.44. The normalized spacial score (nSPS) is 18.9. The fraction of sp³-hybridized carbons (Fsp3) is 0.632. The highest BCUT2D eigenvalue weighted by molar-refractivity contribution is 6.47. The number of nitrogens with two attached hydrogens (primary N) is 1. The first-order valence-corrected chi connectivity index (χ1v) is 9.69. The summed E-state index contributed by atoms with van der Waals surface area (Å²) in [6.07, 6.45) is 0.703. The second-order valence-corrected chi connectivity index (χ2v) is 8.30. The van der Waals surface area contributed by atoms with Gasteiger partial charge in [0.15, 0.2) is 0 Å². The van der Waals surface area contributed by atoms with Gasteiger partial charge in [0.1, 0.15) is 11.6 Å². The van der Waals surface area contributed by atoms with Crippen LogP contribution in [0, 0.1) is 5.82 Å². The van der Waals surface area contributed by atoms with E-state index >= 15 is 0 Å². The zero-order valence-corrected chi connectivity index (χ0v) is 17.6. The van der Waals surface area contributed by atoms with Crippen molar-refractivity contribution in [2.75, 3.05) is 19.8 Å². The summed E-state index contributed by atoms with van der Waals surface area (Å²) in [4.78, 5) is 10.9. The monoisotopic (exact) mass is 415 g/mol. The van der Waals surface area contributed by atoms with Crippen LogP contribution in [0.2, 0.25) is 10.8 Å². The molecule has 0 unspecified atom stereocenters. The van der Waals surface area contributed by atoms with E-state index in [1.54, 1.807) is 6.07 Å². The molecule has 1 aliphatic heterocycles. The van der Waals surface area contributed by atoms with E-state index in [4.69, 9.17) is 36.1 Å². The van der Waals surface area contributed by atoms with Crippen LogP contribution in [0.1, 0.15) is 40.5 Å². The smallest absolute Gasteiger partial charge is 0.463 e.